The number of nitrogens with one attached hydrogen (secondary N) is 1. The molecule has 1 aromatic heterocycles. The highest BCUT2D eigenvalue weighted by atomic mass is 32.2. The lowest BCUT2D eigenvalue weighted by atomic mass is 10.3. The predicted molar refractivity (Wildman–Crippen MR) is 73.5 cm³/mol. The van der Waals surface area contributed by atoms with Gasteiger partial charge in [-0.1, -0.05) is 11.8 Å². The molecule has 1 unspecified atom stereocenters. The van der Waals surface area contributed by atoms with Gasteiger partial charge in [0.1, 0.15) is 0 Å². The molecular formula is C13H13F2N3OS. The Morgan fingerprint density at radius 2 is 2.15 bits per heavy atom. The molecule has 0 aliphatic carbocycles. The average molecular weight is 297 g/mol. The van der Waals surface area contributed by atoms with E-state index in [0.717, 1.165) is 12.1 Å². The first-order chi connectivity index (χ1) is 9.47. The molecule has 2 rings (SSSR count). The zero-order valence-corrected chi connectivity index (χ0v) is 11.7. The third-order valence-electron chi connectivity index (χ3n) is 2.62. The van der Waals surface area contributed by atoms with E-state index in [1.807, 2.05) is 7.05 Å². The Balaban J connectivity index is 2.00. The zero-order chi connectivity index (χ0) is 14.7. The molecule has 0 aliphatic rings. The van der Waals surface area contributed by atoms with Gasteiger partial charge < -0.3 is 9.88 Å². The number of imidazole rings is 1. The number of aryl methyl sites for hydroxylation is 1. The monoisotopic (exact) mass is 297 g/mol. The summed E-state index contributed by atoms with van der Waals surface area (Å²) in [5.41, 5.74) is 0.223. The highest BCUT2D eigenvalue weighted by Gasteiger charge is 2.17. The van der Waals surface area contributed by atoms with Crippen molar-refractivity contribution in [3.05, 3.63) is 42.2 Å². The van der Waals surface area contributed by atoms with Gasteiger partial charge in [-0.05, 0) is 19.1 Å². The molecule has 1 atom stereocenters. The van der Waals surface area contributed by atoms with Crippen LogP contribution in [0.3, 0.4) is 0 Å². The van der Waals surface area contributed by atoms with Crippen molar-refractivity contribution in [2.24, 2.45) is 7.05 Å². The maximum atomic E-state index is 13.0. The molecular weight excluding hydrogens is 284 g/mol. The standard InChI is InChI=1S/C13H13F2N3OS/c1-8(20-13-16-5-6-18(13)2)12(19)17-9-3-4-10(14)11(15)7-9/h3-8H,1-2H3,(H,17,19). The van der Waals surface area contributed by atoms with Gasteiger partial charge in [0.15, 0.2) is 16.8 Å². The first kappa shape index (κ1) is 14.5. The van der Waals surface area contributed by atoms with Gasteiger partial charge in [-0.3, -0.25) is 4.79 Å². The van der Waals surface area contributed by atoms with E-state index in [-0.39, 0.29) is 11.6 Å². The topological polar surface area (TPSA) is 46.9 Å². The summed E-state index contributed by atoms with van der Waals surface area (Å²) >= 11 is 1.28. The number of thioether (sulfide) groups is 1. The van der Waals surface area contributed by atoms with Crippen LogP contribution in [0.2, 0.25) is 0 Å². The van der Waals surface area contributed by atoms with Crippen LogP contribution in [-0.2, 0) is 11.8 Å². The predicted octanol–water partition coefficient (Wildman–Crippen LogP) is 2.82. The minimum atomic E-state index is -0.993. The number of nitrogens with zero attached hydrogens (tertiary/aromatic N) is 2. The average Bonchev–Trinajstić information content (AvgIpc) is 2.79. The Kier molecular flexibility index (Phi) is 4.39. The first-order valence-electron chi connectivity index (χ1n) is 5.87. The summed E-state index contributed by atoms with van der Waals surface area (Å²) in [7, 11) is 1.83. The fourth-order valence-corrected chi connectivity index (χ4v) is 2.33. The highest BCUT2D eigenvalue weighted by Crippen LogP contribution is 2.22. The van der Waals surface area contributed by atoms with Crippen molar-refractivity contribution in [2.75, 3.05) is 5.32 Å². The number of hydrogen-bond donors (Lipinski definition) is 1. The number of rotatable bonds is 4. The van der Waals surface area contributed by atoms with Crippen LogP contribution in [0, 0.1) is 11.6 Å². The molecule has 2 aromatic rings. The van der Waals surface area contributed by atoms with Crippen LogP contribution in [0.15, 0.2) is 35.7 Å². The summed E-state index contributed by atoms with van der Waals surface area (Å²) in [6.07, 6.45) is 3.42. The van der Waals surface area contributed by atoms with E-state index in [4.69, 9.17) is 0 Å². The molecule has 7 heteroatoms. The van der Waals surface area contributed by atoms with Crippen molar-refractivity contribution in [3.8, 4) is 0 Å². The van der Waals surface area contributed by atoms with E-state index < -0.39 is 16.9 Å². The van der Waals surface area contributed by atoms with Crippen molar-refractivity contribution in [1.82, 2.24) is 9.55 Å². The van der Waals surface area contributed by atoms with E-state index in [1.54, 1.807) is 23.9 Å². The van der Waals surface area contributed by atoms with Crippen LogP contribution in [-0.4, -0.2) is 20.7 Å². The zero-order valence-electron chi connectivity index (χ0n) is 10.9. The van der Waals surface area contributed by atoms with Gasteiger partial charge in [0.05, 0.1) is 5.25 Å². The van der Waals surface area contributed by atoms with Gasteiger partial charge in [-0.15, -0.1) is 0 Å². The molecule has 0 spiro atoms. The van der Waals surface area contributed by atoms with E-state index in [0.29, 0.717) is 5.16 Å². The van der Waals surface area contributed by atoms with Crippen molar-refractivity contribution < 1.29 is 13.6 Å². The van der Waals surface area contributed by atoms with E-state index in [2.05, 4.69) is 10.3 Å². The minimum Gasteiger partial charge on any atom is -0.329 e. The molecule has 1 aromatic carbocycles. The van der Waals surface area contributed by atoms with Crippen LogP contribution < -0.4 is 5.32 Å². The first-order valence-corrected chi connectivity index (χ1v) is 6.75. The maximum Gasteiger partial charge on any atom is 0.237 e. The summed E-state index contributed by atoms with van der Waals surface area (Å²) in [5, 5.41) is 2.83. The van der Waals surface area contributed by atoms with Crippen LogP contribution >= 0.6 is 11.8 Å². The SMILES string of the molecule is CC(Sc1nccn1C)C(=O)Nc1ccc(F)c(F)c1. The Morgan fingerprint density at radius 3 is 2.75 bits per heavy atom. The maximum absolute atomic E-state index is 13.0. The number of aromatic nitrogens is 2. The number of hydrogen-bond acceptors (Lipinski definition) is 3. The fourth-order valence-electron chi connectivity index (χ4n) is 1.49. The Bertz CT molecular complexity index is 630. The summed E-state index contributed by atoms with van der Waals surface area (Å²) in [6.45, 7) is 1.72. The third-order valence-corrected chi connectivity index (χ3v) is 3.79. The normalized spacial score (nSPS) is 12.2. The van der Waals surface area contributed by atoms with E-state index >= 15 is 0 Å². The van der Waals surface area contributed by atoms with Crippen LogP contribution in [0.5, 0.6) is 0 Å². The lowest BCUT2D eigenvalue weighted by Crippen LogP contribution is -2.22. The molecule has 0 radical (unpaired) electrons. The second kappa shape index (κ2) is 6.04. The highest BCUT2D eigenvalue weighted by molar-refractivity contribution is 8.00. The fraction of sp³-hybridized carbons (Fsp3) is 0.231. The van der Waals surface area contributed by atoms with Crippen LogP contribution in [0.4, 0.5) is 14.5 Å². The van der Waals surface area contributed by atoms with Crippen molar-refractivity contribution in [2.45, 2.75) is 17.3 Å². The molecule has 20 heavy (non-hydrogen) atoms. The number of amides is 1. The smallest absolute Gasteiger partial charge is 0.237 e. The molecule has 1 amide bonds. The summed E-state index contributed by atoms with van der Waals surface area (Å²) in [4.78, 5) is 16.1. The summed E-state index contributed by atoms with van der Waals surface area (Å²) in [5.74, 6) is -2.24. The minimum absolute atomic E-state index is 0.223. The Morgan fingerprint density at radius 1 is 1.40 bits per heavy atom. The lowest BCUT2D eigenvalue weighted by Gasteiger charge is -2.11. The number of halogens is 2. The van der Waals surface area contributed by atoms with Gasteiger partial charge in [0.2, 0.25) is 5.91 Å². The number of carbonyl (C=O) groups is 1. The van der Waals surface area contributed by atoms with Crippen LogP contribution in [0.25, 0.3) is 0 Å². The second-order valence-electron chi connectivity index (χ2n) is 4.20. The van der Waals surface area contributed by atoms with Crippen molar-refractivity contribution in [3.63, 3.8) is 0 Å². The molecule has 1 heterocycles. The molecule has 1 N–H and O–H groups in total. The molecule has 0 fully saturated rings. The van der Waals surface area contributed by atoms with Crippen molar-refractivity contribution in [1.29, 1.82) is 0 Å². The molecule has 0 aliphatic heterocycles. The Labute approximate surface area is 119 Å². The number of anilines is 1. The molecule has 0 bridgehead atoms. The van der Waals surface area contributed by atoms with Crippen LogP contribution in [0.1, 0.15) is 6.92 Å². The van der Waals surface area contributed by atoms with E-state index in [9.17, 15) is 13.6 Å². The van der Waals surface area contributed by atoms with Gasteiger partial charge in [-0.2, -0.15) is 0 Å². The van der Waals surface area contributed by atoms with Gasteiger partial charge in [-0.25, -0.2) is 13.8 Å². The second-order valence-corrected chi connectivity index (χ2v) is 5.51. The van der Waals surface area contributed by atoms with Gasteiger partial charge in [0.25, 0.3) is 0 Å². The van der Waals surface area contributed by atoms with E-state index in [1.165, 1.54) is 17.8 Å². The number of benzene rings is 1. The molecule has 4 nitrogen and oxygen atoms in total. The number of carbonyl (C=O) groups excluding carboxylic acids is 1. The molecule has 106 valence electrons. The van der Waals surface area contributed by atoms with Gasteiger partial charge in [0, 0.05) is 31.2 Å². The molecule has 0 saturated carbocycles. The summed E-state index contributed by atoms with van der Waals surface area (Å²) < 4.78 is 27.6. The Hall–Kier alpha value is -1.89. The quantitative estimate of drug-likeness (QED) is 0.883. The largest absolute Gasteiger partial charge is 0.329 e. The third kappa shape index (κ3) is 3.36. The summed E-state index contributed by atoms with van der Waals surface area (Å²) in [6, 6.07) is 3.24. The lowest BCUT2D eigenvalue weighted by molar-refractivity contribution is -0.115. The van der Waals surface area contributed by atoms with Crippen molar-refractivity contribution >= 4 is 23.4 Å². The molecule has 0 saturated heterocycles. The van der Waals surface area contributed by atoms with Gasteiger partial charge >= 0.3 is 0 Å².